The Morgan fingerprint density at radius 3 is 2.39 bits per heavy atom. The molecule has 0 aliphatic heterocycles. The molecule has 0 fully saturated rings. The second kappa shape index (κ2) is 7.10. The third kappa shape index (κ3) is 3.46. The summed E-state index contributed by atoms with van der Waals surface area (Å²) in [6.45, 7) is 4.48. The van der Waals surface area contributed by atoms with Gasteiger partial charge in [0.2, 0.25) is 0 Å². The van der Waals surface area contributed by atoms with Gasteiger partial charge < -0.3 is 0 Å². The summed E-state index contributed by atoms with van der Waals surface area (Å²) in [5.41, 5.74) is 0. The Kier molecular flexibility index (Phi) is 5.45. The Morgan fingerprint density at radius 1 is 0.889 bits per heavy atom. The normalized spacial score (nSPS) is 11.0. The van der Waals surface area contributed by atoms with E-state index in [-0.39, 0.29) is 0 Å². The molecule has 0 nitrogen and oxygen atoms in total. The summed E-state index contributed by atoms with van der Waals surface area (Å²) in [5, 5.41) is 2.77. The third-order valence-corrected chi connectivity index (χ3v) is 5.17. The summed E-state index contributed by atoms with van der Waals surface area (Å²) in [7, 11) is 0. The highest BCUT2D eigenvalue weighted by atomic mass is 32.2. The van der Waals surface area contributed by atoms with Crippen molar-refractivity contribution >= 4 is 34.3 Å². The molecule has 2 aromatic carbocycles. The van der Waals surface area contributed by atoms with Gasteiger partial charge in [0.25, 0.3) is 0 Å². The molecule has 0 spiro atoms. The van der Waals surface area contributed by atoms with E-state index < -0.39 is 0 Å². The number of hydrogen-bond acceptors (Lipinski definition) is 2. The van der Waals surface area contributed by atoms with E-state index in [1.54, 1.807) is 0 Å². The van der Waals surface area contributed by atoms with Crippen molar-refractivity contribution in [3.8, 4) is 0 Å². The summed E-state index contributed by atoms with van der Waals surface area (Å²) in [5.74, 6) is 2.40. The summed E-state index contributed by atoms with van der Waals surface area (Å²) >= 11 is 3.95. The Bertz CT molecular complexity index is 505. The fourth-order valence-electron chi connectivity index (χ4n) is 1.88. The van der Waals surface area contributed by atoms with Gasteiger partial charge in [0.05, 0.1) is 0 Å². The van der Waals surface area contributed by atoms with E-state index >= 15 is 0 Å². The number of rotatable bonds is 6. The first kappa shape index (κ1) is 13.8. The third-order valence-electron chi connectivity index (χ3n) is 2.73. The van der Waals surface area contributed by atoms with Gasteiger partial charge in [0, 0.05) is 9.79 Å². The van der Waals surface area contributed by atoms with Gasteiger partial charge in [-0.15, -0.1) is 23.5 Å². The van der Waals surface area contributed by atoms with Gasteiger partial charge in [-0.1, -0.05) is 38.1 Å². The van der Waals surface area contributed by atoms with E-state index in [1.165, 1.54) is 44.9 Å². The fourth-order valence-corrected chi connectivity index (χ4v) is 3.79. The number of fused-ring (bicyclic) bond motifs is 1. The fraction of sp³-hybridized carbons (Fsp3) is 0.375. The highest BCUT2D eigenvalue weighted by Gasteiger charge is 2.04. The summed E-state index contributed by atoms with van der Waals surface area (Å²) in [4.78, 5) is 2.85. The first-order valence-corrected chi connectivity index (χ1v) is 8.60. The van der Waals surface area contributed by atoms with Gasteiger partial charge in [0.15, 0.2) is 0 Å². The van der Waals surface area contributed by atoms with Crippen LogP contribution in [-0.4, -0.2) is 11.5 Å². The molecule has 0 aliphatic carbocycles. The lowest BCUT2D eigenvalue weighted by Gasteiger charge is -2.09. The number of hydrogen-bond donors (Lipinski definition) is 0. The van der Waals surface area contributed by atoms with Crippen LogP contribution in [0.25, 0.3) is 10.8 Å². The molecule has 0 amide bonds. The van der Waals surface area contributed by atoms with E-state index in [2.05, 4.69) is 50.2 Å². The molecule has 2 aromatic rings. The molecule has 2 heteroatoms. The van der Waals surface area contributed by atoms with Gasteiger partial charge in [-0.05, 0) is 47.3 Å². The largest absolute Gasteiger partial charge is 0.126 e. The maximum absolute atomic E-state index is 2.36. The van der Waals surface area contributed by atoms with Crippen LogP contribution in [0.15, 0.2) is 46.2 Å². The number of benzene rings is 2. The molecule has 96 valence electrons. The van der Waals surface area contributed by atoms with Crippen molar-refractivity contribution in [3.05, 3.63) is 36.4 Å². The van der Waals surface area contributed by atoms with Crippen molar-refractivity contribution in [2.75, 3.05) is 11.5 Å². The van der Waals surface area contributed by atoms with Crippen molar-refractivity contribution in [1.82, 2.24) is 0 Å². The lowest BCUT2D eigenvalue weighted by atomic mass is 10.1. The molecular formula is C16H20S2. The van der Waals surface area contributed by atoms with Crippen molar-refractivity contribution in [3.63, 3.8) is 0 Å². The average molecular weight is 276 g/mol. The van der Waals surface area contributed by atoms with Gasteiger partial charge in [-0.2, -0.15) is 0 Å². The zero-order valence-electron chi connectivity index (χ0n) is 11.1. The summed E-state index contributed by atoms with van der Waals surface area (Å²) in [6.07, 6.45) is 2.46. The topological polar surface area (TPSA) is 0 Å². The molecule has 0 unspecified atom stereocenters. The zero-order valence-corrected chi connectivity index (χ0v) is 12.7. The molecule has 2 rings (SSSR count). The van der Waals surface area contributed by atoms with Crippen molar-refractivity contribution < 1.29 is 0 Å². The first-order valence-electron chi connectivity index (χ1n) is 6.63. The van der Waals surface area contributed by atoms with Crippen LogP contribution >= 0.6 is 23.5 Å². The SMILES string of the molecule is CCCSc1cc(SCCC)c2ccccc2c1. The van der Waals surface area contributed by atoms with E-state index in [0.717, 1.165) is 0 Å². The van der Waals surface area contributed by atoms with E-state index in [9.17, 15) is 0 Å². The maximum atomic E-state index is 2.36. The standard InChI is InChI=1S/C16H20S2/c1-3-9-17-14-11-13-7-5-6-8-15(13)16(12-14)18-10-4-2/h5-8,11-12H,3-4,9-10H2,1-2H3. The Hall–Kier alpha value is -0.600. The summed E-state index contributed by atoms with van der Waals surface area (Å²) < 4.78 is 0. The van der Waals surface area contributed by atoms with Crippen LogP contribution in [0.4, 0.5) is 0 Å². The van der Waals surface area contributed by atoms with Crippen molar-refractivity contribution in [2.24, 2.45) is 0 Å². The molecule has 0 bridgehead atoms. The average Bonchev–Trinajstić information content (AvgIpc) is 2.42. The van der Waals surface area contributed by atoms with Crippen LogP contribution < -0.4 is 0 Å². The molecule has 0 aliphatic rings. The van der Waals surface area contributed by atoms with Crippen molar-refractivity contribution in [1.29, 1.82) is 0 Å². The molecular weight excluding hydrogens is 256 g/mol. The minimum Gasteiger partial charge on any atom is -0.126 e. The molecule has 0 heterocycles. The second-order valence-electron chi connectivity index (χ2n) is 4.34. The Labute approximate surface area is 119 Å². The lowest BCUT2D eigenvalue weighted by Crippen LogP contribution is -1.83. The van der Waals surface area contributed by atoms with Gasteiger partial charge in [-0.3, -0.25) is 0 Å². The molecule has 0 atom stereocenters. The smallest absolute Gasteiger partial charge is 0.0162 e. The molecule has 0 N–H and O–H groups in total. The predicted molar refractivity (Wildman–Crippen MR) is 86.0 cm³/mol. The molecule has 18 heavy (non-hydrogen) atoms. The van der Waals surface area contributed by atoms with E-state index in [4.69, 9.17) is 0 Å². The van der Waals surface area contributed by atoms with Crippen LogP contribution in [-0.2, 0) is 0 Å². The molecule has 0 aromatic heterocycles. The molecule has 0 radical (unpaired) electrons. The van der Waals surface area contributed by atoms with Gasteiger partial charge in [0.1, 0.15) is 0 Å². The Balaban J connectivity index is 2.36. The van der Waals surface area contributed by atoms with E-state index in [1.807, 2.05) is 23.5 Å². The molecule has 0 saturated carbocycles. The van der Waals surface area contributed by atoms with Crippen LogP contribution in [0.3, 0.4) is 0 Å². The first-order chi connectivity index (χ1) is 8.85. The second-order valence-corrected chi connectivity index (χ2v) is 6.64. The van der Waals surface area contributed by atoms with Crippen LogP contribution in [0.5, 0.6) is 0 Å². The zero-order chi connectivity index (χ0) is 12.8. The minimum absolute atomic E-state index is 1.20. The van der Waals surface area contributed by atoms with E-state index in [0.29, 0.717) is 0 Å². The van der Waals surface area contributed by atoms with Crippen LogP contribution in [0, 0.1) is 0 Å². The highest BCUT2D eigenvalue weighted by molar-refractivity contribution is 8.00. The Morgan fingerprint density at radius 2 is 1.61 bits per heavy atom. The number of thioether (sulfide) groups is 2. The quantitative estimate of drug-likeness (QED) is 0.607. The van der Waals surface area contributed by atoms with Gasteiger partial charge >= 0.3 is 0 Å². The van der Waals surface area contributed by atoms with Crippen LogP contribution in [0.2, 0.25) is 0 Å². The highest BCUT2D eigenvalue weighted by Crippen LogP contribution is 2.33. The lowest BCUT2D eigenvalue weighted by molar-refractivity contribution is 1.10. The minimum atomic E-state index is 1.20. The molecule has 0 saturated heterocycles. The summed E-state index contributed by atoms with van der Waals surface area (Å²) in [6, 6.07) is 13.4. The maximum Gasteiger partial charge on any atom is 0.0162 e. The predicted octanol–water partition coefficient (Wildman–Crippen LogP) is 5.84. The van der Waals surface area contributed by atoms with Crippen LogP contribution in [0.1, 0.15) is 26.7 Å². The van der Waals surface area contributed by atoms with Crippen molar-refractivity contribution in [2.45, 2.75) is 36.5 Å². The monoisotopic (exact) mass is 276 g/mol. The van der Waals surface area contributed by atoms with Gasteiger partial charge in [-0.25, -0.2) is 0 Å².